The highest BCUT2D eigenvalue weighted by molar-refractivity contribution is 5.60. The van der Waals surface area contributed by atoms with Gasteiger partial charge >= 0.3 is 5.69 Å². The van der Waals surface area contributed by atoms with Crippen molar-refractivity contribution < 1.29 is 4.92 Å². The molecule has 7 nitrogen and oxygen atoms in total. The molecule has 1 saturated carbocycles. The van der Waals surface area contributed by atoms with Crippen molar-refractivity contribution in [1.82, 2.24) is 9.88 Å². The summed E-state index contributed by atoms with van der Waals surface area (Å²) < 4.78 is 0. The molecule has 110 valence electrons. The van der Waals surface area contributed by atoms with E-state index in [-0.39, 0.29) is 5.69 Å². The molecule has 1 aromatic heterocycles. The van der Waals surface area contributed by atoms with Gasteiger partial charge < -0.3 is 10.6 Å². The van der Waals surface area contributed by atoms with Gasteiger partial charge in [-0.25, -0.2) is 4.98 Å². The lowest BCUT2D eigenvalue weighted by atomic mass is 10.3. The van der Waals surface area contributed by atoms with Gasteiger partial charge in [-0.1, -0.05) is 0 Å². The Kier molecular flexibility index (Phi) is 4.39. The number of pyridine rings is 1. The summed E-state index contributed by atoms with van der Waals surface area (Å²) in [5.41, 5.74) is 0.00488. The molecule has 1 aliphatic carbocycles. The minimum atomic E-state index is -0.413. The predicted octanol–water partition coefficient (Wildman–Crippen LogP) is 1.93. The van der Waals surface area contributed by atoms with E-state index in [4.69, 9.17) is 0 Å². The van der Waals surface area contributed by atoms with E-state index in [0.29, 0.717) is 30.3 Å². The number of likely N-dealkylation sites (N-methyl/N-ethyl adjacent to an activating group) is 1. The largest absolute Gasteiger partial charge is 0.373 e. The van der Waals surface area contributed by atoms with Crippen LogP contribution in [0.4, 0.5) is 17.3 Å². The lowest BCUT2D eigenvalue weighted by Gasteiger charge is -2.24. The van der Waals surface area contributed by atoms with Crippen LogP contribution in [-0.4, -0.2) is 47.5 Å². The van der Waals surface area contributed by atoms with Gasteiger partial charge in [-0.2, -0.15) is 0 Å². The van der Waals surface area contributed by atoms with Gasteiger partial charge in [0.2, 0.25) is 5.82 Å². The highest BCUT2D eigenvalue weighted by Crippen LogP contribution is 2.28. The molecule has 1 atom stereocenters. The maximum Gasteiger partial charge on any atom is 0.311 e. The molecule has 2 rings (SSSR count). The Balaban J connectivity index is 2.04. The van der Waals surface area contributed by atoms with Gasteiger partial charge in [0.25, 0.3) is 0 Å². The average Bonchev–Trinajstić information content (AvgIpc) is 3.27. The number of aromatic nitrogens is 1. The topological polar surface area (TPSA) is 83.3 Å². The lowest BCUT2D eigenvalue weighted by Crippen LogP contribution is -2.36. The predicted molar refractivity (Wildman–Crippen MR) is 79.2 cm³/mol. The second-order valence-corrected chi connectivity index (χ2v) is 5.20. The van der Waals surface area contributed by atoms with Crippen LogP contribution in [0.2, 0.25) is 0 Å². The van der Waals surface area contributed by atoms with Gasteiger partial charge in [-0.3, -0.25) is 15.0 Å². The highest BCUT2D eigenvalue weighted by atomic mass is 16.6. The molecule has 0 saturated heterocycles. The van der Waals surface area contributed by atoms with Crippen LogP contribution in [0.25, 0.3) is 0 Å². The van der Waals surface area contributed by atoms with E-state index in [0.717, 1.165) is 0 Å². The minimum Gasteiger partial charge on any atom is -0.373 e. The lowest BCUT2D eigenvalue weighted by molar-refractivity contribution is -0.384. The van der Waals surface area contributed by atoms with Crippen molar-refractivity contribution in [1.29, 1.82) is 0 Å². The van der Waals surface area contributed by atoms with Gasteiger partial charge in [0.1, 0.15) is 5.82 Å². The van der Waals surface area contributed by atoms with Gasteiger partial charge in [0.15, 0.2) is 0 Å². The molecule has 1 aliphatic rings. The van der Waals surface area contributed by atoms with Crippen molar-refractivity contribution in [3.63, 3.8) is 0 Å². The number of nitro groups is 1. The Morgan fingerprint density at radius 1 is 1.55 bits per heavy atom. The Morgan fingerprint density at radius 3 is 2.80 bits per heavy atom. The summed E-state index contributed by atoms with van der Waals surface area (Å²) in [6.45, 7) is 2.74. The smallest absolute Gasteiger partial charge is 0.311 e. The number of hydrogen-bond donors (Lipinski definition) is 2. The van der Waals surface area contributed by atoms with Gasteiger partial charge in [0, 0.05) is 31.7 Å². The maximum absolute atomic E-state index is 11.0. The molecule has 1 unspecified atom stereocenters. The van der Waals surface area contributed by atoms with Crippen LogP contribution >= 0.6 is 0 Å². The third-order valence-corrected chi connectivity index (χ3v) is 3.71. The van der Waals surface area contributed by atoms with E-state index in [9.17, 15) is 10.1 Å². The number of nitrogens with zero attached hydrogens (tertiary/aromatic N) is 3. The minimum absolute atomic E-state index is 0.00488. The Hall–Kier alpha value is -1.89. The molecule has 0 bridgehead atoms. The van der Waals surface area contributed by atoms with E-state index in [1.165, 1.54) is 18.9 Å². The monoisotopic (exact) mass is 279 g/mol. The van der Waals surface area contributed by atoms with E-state index < -0.39 is 4.92 Å². The van der Waals surface area contributed by atoms with E-state index >= 15 is 0 Å². The Morgan fingerprint density at radius 2 is 2.25 bits per heavy atom. The fraction of sp³-hybridized carbons (Fsp3) is 0.615. The summed E-state index contributed by atoms with van der Waals surface area (Å²) in [4.78, 5) is 17.1. The summed E-state index contributed by atoms with van der Waals surface area (Å²) in [5, 5.41) is 17.0. The second-order valence-electron chi connectivity index (χ2n) is 5.20. The van der Waals surface area contributed by atoms with Crippen molar-refractivity contribution >= 4 is 17.3 Å². The quantitative estimate of drug-likeness (QED) is 0.586. The number of anilines is 2. The maximum atomic E-state index is 11.0. The van der Waals surface area contributed by atoms with Gasteiger partial charge in [-0.15, -0.1) is 0 Å². The zero-order valence-corrected chi connectivity index (χ0v) is 12.1. The van der Waals surface area contributed by atoms with Gasteiger partial charge in [-0.05, 0) is 32.9 Å². The van der Waals surface area contributed by atoms with E-state index in [1.807, 2.05) is 0 Å². The number of nitrogens with one attached hydrogen (secondary N) is 2. The summed E-state index contributed by atoms with van der Waals surface area (Å²) in [5.74, 6) is 0.930. The first-order valence-corrected chi connectivity index (χ1v) is 6.82. The SMILES string of the molecule is CNc1ccc([N+](=O)[O-])c(NCC(C)N(C)C2CC2)n1. The second kappa shape index (κ2) is 6.04. The molecule has 1 heterocycles. The standard InChI is InChI=1S/C13H21N5O2/c1-9(17(3)10-4-5-10)8-15-13-11(18(19)20)6-7-12(14-2)16-13/h6-7,9-10H,4-5,8H2,1-3H3,(H2,14,15,16). The van der Waals surface area contributed by atoms with Crippen molar-refractivity contribution in [3.05, 3.63) is 22.2 Å². The molecule has 0 aromatic carbocycles. The molecule has 2 N–H and O–H groups in total. The normalized spacial score (nSPS) is 16.0. The molecule has 0 spiro atoms. The van der Waals surface area contributed by atoms with E-state index in [1.54, 1.807) is 13.1 Å². The summed E-state index contributed by atoms with van der Waals surface area (Å²) in [6.07, 6.45) is 2.49. The summed E-state index contributed by atoms with van der Waals surface area (Å²) >= 11 is 0. The molecule has 1 aromatic rings. The van der Waals surface area contributed by atoms with Crippen LogP contribution in [0.5, 0.6) is 0 Å². The zero-order chi connectivity index (χ0) is 14.7. The fourth-order valence-electron chi connectivity index (χ4n) is 2.10. The summed E-state index contributed by atoms with van der Waals surface area (Å²) in [7, 11) is 3.83. The van der Waals surface area contributed by atoms with Crippen molar-refractivity contribution in [2.24, 2.45) is 0 Å². The number of rotatable bonds is 7. The molecule has 20 heavy (non-hydrogen) atoms. The Bertz CT molecular complexity index is 490. The molecular formula is C13H21N5O2. The zero-order valence-electron chi connectivity index (χ0n) is 12.1. The third kappa shape index (κ3) is 3.36. The molecular weight excluding hydrogens is 258 g/mol. The van der Waals surface area contributed by atoms with Crippen molar-refractivity contribution in [2.75, 3.05) is 31.3 Å². The third-order valence-electron chi connectivity index (χ3n) is 3.71. The molecule has 0 radical (unpaired) electrons. The molecule has 1 fully saturated rings. The van der Waals surface area contributed by atoms with Crippen molar-refractivity contribution in [3.8, 4) is 0 Å². The first kappa shape index (κ1) is 14.5. The van der Waals surface area contributed by atoms with Gasteiger partial charge in [0.05, 0.1) is 4.92 Å². The van der Waals surface area contributed by atoms with Crippen LogP contribution in [0, 0.1) is 10.1 Å². The highest BCUT2D eigenvalue weighted by Gasteiger charge is 2.29. The molecule has 0 amide bonds. The number of hydrogen-bond acceptors (Lipinski definition) is 6. The first-order chi connectivity index (χ1) is 9.52. The van der Waals surface area contributed by atoms with Crippen LogP contribution in [0.15, 0.2) is 12.1 Å². The van der Waals surface area contributed by atoms with Crippen molar-refractivity contribution in [2.45, 2.75) is 31.8 Å². The van der Waals surface area contributed by atoms with Crippen LogP contribution in [0.1, 0.15) is 19.8 Å². The van der Waals surface area contributed by atoms with Crippen LogP contribution < -0.4 is 10.6 Å². The van der Waals surface area contributed by atoms with E-state index in [2.05, 4.69) is 34.5 Å². The fourth-order valence-corrected chi connectivity index (χ4v) is 2.10. The molecule has 0 aliphatic heterocycles. The average molecular weight is 279 g/mol. The van der Waals surface area contributed by atoms with Crippen LogP contribution in [0.3, 0.4) is 0 Å². The Labute approximate surface area is 118 Å². The molecule has 7 heteroatoms. The first-order valence-electron chi connectivity index (χ1n) is 6.82. The summed E-state index contributed by atoms with van der Waals surface area (Å²) in [6, 6.07) is 4.04. The van der Waals surface area contributed by atoms with Crippen LogP contribution in [-0.2, 0) is 0 Å².